The Morgan fingerprint density at radius 1 is 0.963 bits per heavy atom. The number of aryl methyl sites for hydroxylation is 1. The molecular weight excluding hydrogens is 346 g/mol. The Labute approximate surface area is 157 Å². The van der Waals surface area contributed by atoms with Gasteiger partial charge in [-0.05, 0) is 43.7 Å². The van der Waals surface area contributed by atoms with Gasteiger partial charge in [0.05, 0.1) is 26.3 Å². The van der Waals surface area contributed by atoms with Crippen molar-refractivity contribution < 1.29 is 23.7 Å². The minimum Gasteiger partial charge on any atom is -0.493 e. The number of esters is 1. The Kier molecular flexibility index (Phi) is 5.45. The molecule has 0 fully saturated rings. The summed E-state index contributed by atoms with van der Waals surface area (Å²) in [6.07, 6.45) is 1.64. The molecule has 0 aliphatic carbocycles. The van der Waals surface area contributed by atoms with Gasteiger partial charge in [0.2, 0.25) is 0 Å². The highest BCUT2D eigenvalue weighted by molar-refractivity contribution is 5.93. The second-order valence-corrected chi connectivity index (χ2v) is 5.86. The van der Waals surface area contributed by atoms with E-state index < -0.39 is 5.97 Å². The molecule has 0 saturated carbocycles. The van der Waals surface area contributed by atoms with E-state index in [1.54, 1.807) is 57.7 Å². The van der Waals surface area contributed by atoms with Gasteiger partial charge in [0.15, 0.2) is 11.5 Å². The van der Waals surface area contributed by atoms with Gasteiger partial charge < -0.3 is 18.9 Å². The van der Waals surface area contributed by atoms with E-state index in [2.05, 4.69) is 4.98 Å². The molecule has 0 aliphatic heterocycles. The number of methoxy groups -OCH3 is 2. The summed E-state index contributed by atoms with van der Waals surface area (Å²) in [6.45, 7) is 3.99. The van der Waals surface area contributed by atoms with Crippen LogP contribution in [0.1, 0.15) is 22.8 Å². The molecule has 0 N–H and O–H groups in total. The monoisotopic (exact) mass is 367 g/mol. The summed E-state index contributed by atoms with van der Waals surface area (Å²) in [5, 5.41) is 0.742. The largest absolute Gasteiger partial charge is 0.493 e. The zero-order chi connectivity index (χ0) is 19.4. The second kappa shape index (κ2) is 7.95. The molecule has 0 saturated heterocycles. The first-order valence-corrected chi connectivity index (χ1v) is 8.53. The maximum absolute atomic E-state index is 12.3. The lowest BCUT2D eigenvalue weighted by Crippen LogP contribution is -2.06. The standard InChI is InChI=1S/C21H21NO5/c1-5-26-21(23)14-7-6-13(2)10-18(14)27-17-8-9-22-16-12-20(25-4)19(24-3)11-15(16)17/h6-12H,5H2,1-4H3. The van der Waals surface area contributed by atoms with Crippen LogP contribution in [0.3, 0.4) is 0 Å². The summed E-state index contributed by atoms with van der Waals surface area (Å²) in [6, 6.07) is 10.7. The number of nitrogens with zero attached hydrogens (tertiary/aromatic N) is 1. The summed E-state index contributed by atoms with van der Waals surface area (Å²) in [5.41, 5.74) is 2.03. The van der Waals surface area contributed by atoms with Crippen molar-refractivity contribution in [2.75, 3.05) is 20.8 Å². The minimum atomic E-state index is -0.426. The normalized spacial score (nSPS) is 10.5. The van der Waals surface area contributed by atoms with Crippen LogP contribution in [0, 0.1) is 6.92 Å². The minimum absolute atomic E-state index is 0.293. The number of fused-ring (bicyclic) bond motifs is 1. The average molecular weight is 367 g/mol. The maximum atomic E-state index is 12.3. The lowest BCUT2D eigenvalue weighted by atomic mass is 10.1. The fourth-order valence-electron chi connectivity index (χ4n) is 2.75. The molecular formula is C21H21NO5. The van der Waals surface area contributed by atoms with E-state index in [1.165, 1.54) is 0 Å². The van der Waals surface area contributed by atoms with Crippen LogP contribution in [0.5, 0.6) is 23.0 Å². The fourth-order valence-corrected chi connectivity index (χ4v) is 2.75. The summed E-state index contributed by atoms with van der Waals surface area (Å²) < 4.78 is 21.9. The van der Waals surface area contributed by atoms with Gasteiger partial charge in [-0.1, -0.05) is 6.07 Å². The molecule has 6 nitrogen and oxygen atoms in total. The molecule has 0 radical (unpaired) electrons. The van der Waals surface area contributed by atoms with E-state index in [4.69, 9.17) is 18.9 Å². The highest BCUT2D eigenvalue weighted by Crippen LogP contribution is 2.37. The van der Waals surface area contributed by atoms with Gasteiger partial charge in [-0.15, -0.1) is 0 Å². The Morgan fingerprint density at radius 2 is 1.70 bits per heavy atom. The molecule has 0 atom stereocenters. The number of rotatable bonds is 6. The summed E-state index contributed by atoms with van der Waals surface area (Å²) in [5.74, 6) is 1.70. The van der Waals surface area contributed by atoms with Crippen LogP contribution >= 0.6 is 0 Å². The highest BCUT2D eigenvalue weighted by Gasteiger charge is 2.17. The van der Waals surface area contributed by atoms with Crippen LogP contribution < -0.4 is 14.2 Å². The van der Waals surface area contributed by atoms with E-state index in [-0.39, 0.29) is 0 Å². The van der Waals surface area contributed by atoms with Gasteiger partial charge in [-0.3, -0.25) is 4.98 Å². The number of carbonyl (C=O) groups is 1. The van der Waals surface area contributed by atoms with Crippen LogP contribution in [0.15, 0.2) is 42.6 Å². The third-order valence-corrected chi connectivity index (χ3v) is 4.06. The van der Waals surface area contributed by atoms with E-state index in [9.17, 15) is 4.79 Å². The number of benzene rings is 2. The third-order valence-electron chi connectivity index (χ3n) is 4.06. The molecule has 27 heavy (non-hydrogen) atoms. The molecule has 0 spiro atoms. The number of ether oxygens (including phenoxy) is 4. The molecule has 6 heteroatoms. The second-order valence-electron chi connectivity index (χ2n) is 5.86. The van der Waals surface area contributed by atoms with Crippen LogP contribution in [-0.2, 0) is 4.74 Å². The van der Waals surface area contributed by atoms with Crippen LogP contribution in [-0.4, -0.2) is 31.8 Å². The number of carbonyl (C=O) groups excluding carboxylic acids is 1. The smallest absolute Gasteiger partial charge is 0.341 e. The zero-order valence-electron chi connectivity index (χ0n) is 15.7. The van der Waals surface area contributed by atoms with Crippen molar-refractivity contribution in [3.8, 4) is 23.0 Å². The quantitative estimate of drug-likeness (QED) is 0.596. The molecule has 140 valence electrons. The predicted octanol–water partition coefficient (Wildman–Crippen LogP) is 4.53. The van der Waals surface area contributed by atoms with Gasteiger partial charge in [0.1, 0.15) is 17.1 Å². The van der Waals surface area contributed by atoms with Crippen molar-refractivity contribution >= 4 is 16.9 Å². The number of hydrogen-bond acceptors (Lipinski definition) is 6. The van der Waals surface area contributed by atoms with Crippen LogP contribution in [0.4, 0.5) is 0 Å². The average Bonchev–Trinajstić information content (AvgIpc) is 2.67. The number of hydrogen-bond donors (Lipinski definition) is 0. The van der Waals surface area contributed by atoms with Crippen molar-refractivity contribution in [3.63, 3.8) is 0 Å². The predicted molar refractivity (Wildman–Crippen MR) is 102 cm³/mol. The zero-order valence-corrected chi connectivity index (χ0v) is 15.7. The van der Waals surface area contributed by atoms with Crippen molar-refractivity contribution in [1.29, 1.82) is 0 Å². The third kappa shape index (κ3) is 3.79. The Balaban J connectivity index is 2.09. The first kappa shape index (κ1) is 18.5. The molecule has 0 bridgehead atoms. The van der Waals surface area contributed by atoms with Crippen molar-refractivity contribution in [3.05, 3.63) is 53.7 Å². The summed E-state index contributed by atoms with van der Waals surface area (Å²) >= 11 is 0. The number of aromatic nitrogens is 1. The van der Waals surface area contributed by atoms with E-state index in [0.29, 0.717) is 40.7 Å². The van der Waals surface area contributed by atoms with Crippen LogP contribution in [0.2, 0.25) is 0 Å². The lowest BCUT2D eigenvalue weighted by Gasteiger charge is -2.14. The molecule has 0 unspecified atom stereocenters. The SMILES string of the molecule is CCOC(=O)c1ccc(C)cc1Oc1ccnc2cc(OC)c(OC)cc12. The molecule has 0 aliphatic rings. The molecule has 2 aromatic carbocycles. The molecule has 3 rings (SSSR count). The van der Waals surface area contributed by atoms with Crippen molar-refractivity contribution in [1.82, 2.24) is 4.98 Å². The van der Waals surface area contributed by atoms with Gasteiger partial charge >= 0.3 is 5.97 Å². The molecule has 3 aromatic rings. The summed E-state index contributed by atoms with van der Waals surface area (Å²) in [7, 11) is 3.14. The number of pyridine rings is 1. The van der Waals surface area contributed by atoms with Gasteiger partial charge in [-0.25, -0.2) is 4.79 Å². The molecule has 1 aromatic heterocycles. The van der Waals surface area contributed by atoms with Crippen molar-refractivity contribution in [2.24, 2.45) is 0 Å². The maximum Gasteiger partial charge on any atom is 0.341 e. The Bertz CT molecular complexity index is 984. The van der Waals surface area contributed by atoms with Gasteiger partial charge in [0.25, 0.3) is 0 Å². The topological polar surface area (TPSA) is 66.9 Å². The van der Waals surface area contributed by atoms with Crippen LogP contribution in [0.25, 0.3) is 10.9 Å². The van der Waals surface area contributed by atoms with E-state index in [0.717, 1.165) is 10.9 Å². The highest BCUT2D eigenvalue weighted by atomic mass is 16.5. The van der Waals surface area contributed by atoms with Gasteiger partial charge in [-0.2, -0.15) is 0 Å². The van der Waals surface area contributed by atoms with E-state index in [1.807, 2.05) is 13.0 Å². The Morgan fingerprint density at radius 3 is 2.41 bits per heavy atom. The molecule has 1 heterocycles. The van der Waals surface area contributed by atoms with Gasteiger partial charge in [0, 0.05) is 17.6 Å². The fraction of sp³-hybridized carbons (Fsp3) is 0.238. The first-order chi connectivity index (χ1) is 13.1. The lowest BCUT2D eigenvalue weighted by molar-refractivity contribution is 0.0523. The Hall–Kier alpha value is -3.28. The first-order valence-electron chi connectivity index (χ1n) is 8.53. The molecule has 0 amide bonds. The van der Waals surface area contributed by atoms with Crippen molar-refractivity contribution in [2.45, 2.75) is 13.8 Å². The summed E-state index contributed by atoms with van der Waals surface area (Å²) in [4.78, 5) is 16.6. The van der Waals surface area contributed by atoms with E-state index >= 15 is 0 Å².